The second kappa shape index (κ2) is 10.4. The van der Waals surface area contributed by atoms with Crippen molar-refractivity contribution in [1.29, 1.82) is 0 Å². The number of benzene rings is 3. The van der Waals surface area contributed by atoms with Gasteiger partial charge in [0.15, 0.2) is 5.65 Å². The lowest BCUT2D eigenvalue weighted by molar-refractivity contribution is 0.271. The fourth-order valence-corrected chi connectivity index (χ4v) is 4.91. The third-order valence-electron chi connectivity index (χ3n) is 7.02. The van der Waals surface area contributed by atoms with Gasteiger partial charge in [0.1, 0.15) is 11.6 Å². The van der Waals surface area contributed by atoms with Crippen LogP contribution in [0.15, 0.2) is 76.3 Å². The number of aromatic nitrogens is 3. The Morgan fingerprint density at radius 3 is 2.41 bits per heavy atom. The van der Waals surface area contributed by atoms with Crippen LogP contribution in [0.3, 0.4) is 0 Å². The predicted octanol–water partition coefficient (Wildman–Crippen LogP) is 4.71. The molecule has 0 spiro atoms. The van der Waals surface area contributed by atoms with E-state index in [0.29, 0.717) is 46.3 Å². The second-order valence-electron chi connectivity index (χ2n) is 10.2. The molecule has 2 aromatic heterocycles. The van der Waals surface area contributed by atoms with Crippen molar-refractivity contribution in [2.75, 3.05) is 18.6 Å². The van der Waals surface area contributed by atoms with Crippen LogP contribution in [-0.2, 0) is 20.6 Å². The Morgan fingerprint density at radius 2 is 1.69 bits per heavy atom. The molecule has 5 aromatic rings. The van der Waals surface area contributed by atoms with Crippen LogP contribution in [0.1, 0.15) is 19.4 Å². The smallest absolute Gasteiger partial charge is 0.332 e. The Bertz CT molecular complexity index is 1820. The lowest BCUT2D eigenvalue weighted by Crippen LogP contribution is -2.38. The highest BCUT2D eigenvalue weighted by atomic mass is 16.5. The number of ether oxygens (including phenoxy) is 1. The number of rotatable bonds is 7. The van der Waals surface area contributed by atoms with Gasteiger partial charge < -0.3 is 15.4 Å². The molecule has 0 saturated carbocycles. The minimum Gasteiger partial charge on any atom is -0.493 e. The van der Waals surface area contributed by atoms with E-state index >= 15 is 0 Å². The minimum atomic E-state index is -0.445. The largest absolute Gasteiger partial charge is 0.493 e. The first-order valence-corrected chi connectivity index (χ1v) is 13.0. The van der Waals surface area contributed by atoms with Gasteiger partial charge in [-0.1, -0.05) is 56.3 Å². The standard InChI is InChI=1S/C31H33N5O3/c1-19(2)18-39-24-12-8-11-22(16-24)26-25(17-32)28(33-29-27(26)30(37)36(5)31(38)35(29)4)34(3)23-14-13-20-9-6-7-10-21(20)15-23/h6-16,19H,17-18,32H2,1-5H3. The lowest BCUT2D eigenvalue weighted by atomic mass is 9.96. The third-order valence-corrected chi connectivity index (χ3v) is 7.02. The molecule has 2 heterocycles. The molecule has 0 radical (unpaired) electrons. The van der Waals surface area contributed by atoms with E-state index in [4.69, 9.17) is 15.5 Å². The van der Waals surface area contributed by atoms with E-state index in [1.165, 1.54) is 11.6 Å². The topological polar surface area (TPSA) is 95.4 Å². The number of nitrogens with zero attached hydrogens (tertiary/aromatic N) is 4. The van der Waals surface area contributed by atoms with Gasteiger partial charge in [0.05, 0.1) is 12.0 Å². The first kappa shape index (κ1) is 26.2. The molecule has 2 N–H and O–H groups in total. The highest BCUT2D eigenvalue weighted by Gasteiger charge is 2.24. The number of pyridine rings is 1. The highest BCUT2D eigenvalue weighted by Crippen LogP contribution is 2.38. The summed E-state index contributed by atoms with van der Waals surface area (Å²) in [6, 6.07) is 22.0. The maximum absolute atomic E-state index is 13.6. The van der Waals surface area contributed by atoms with Crippen LogP contribution >= 0.6 is 0 Å². The van der Waals surface area contributed by atoms with Crippen molar-refractivity contribution in [2.45, 2.75) is 20.4 Å². The number of nitrogens with two attached hydrogens (primary N) is 1. The normalized spacial score (nSPS) is 11.5. The van der Waals surface area contributed by atoms with Gasteiger partial charge >= 0.3 is 5.69 Å². The summed E-state index contributed by atoms with van der Waals surface area (Å²) in [5.74, 6) is 1.63. The highest BCUT2D eigenvalue weighted by molar-refractivity contribution is 5.98. The molecular weight excluding hydrogens is 490 g/mol. The van der Waals surface area contributed by atoms with Crippen molar-refractivity contribution >= 4 is 33.3 Å². The van der Waals surface area contributed by atoms with Crippen molar-refractivity contribution < 1.29 is 4.74 Å². The first-order chi connectivity index (χ1) is 18.7. The molecule has 0 bridgehead atoms. The van der Waals surface area contributed by atoms with E-state index in [-0.39, 0.29) is 6.54 Å². The van der Waals surface area contributed by atoms with Gasteiger partial charge in [-0.25, -0.2) is 9.78 Å². The average molecular weight is 524 g/mol. The first-order valence-electron chi connectivity index (χ1n) is 13.0. The van der Waals surface area contributed by atoms with Gasteiger partial charge in [-0.05, 0) is 46.5 Å². The van der Waals surface area contributed by atoms with Crippen LogP contribution < -0.4 is 26.6 Å². The van der Waals surface area contributed by atoms with Crippen LogP contribution in [0.5, 0.6) is 5.75 Å². The fourth-order valence-electron chi connectivity index (χ4n) is 4.91. The van der Waals surface area contributed by atoms with E-state index in [2.05, 4.69) is 38.1 Å². The Kier molecular flexibility index (Phi) is 6.97. The maximum atomic E-state index is 13.6. The van der Waals surface area contributed by atoms with Gasteiger partial charge in [-0.2, -0.15) is 0 Å². The number of hydrogen-bond acceptors (Lipinski definition) is 6. The van der Waals surface area contributed by atoms with Crippen molar-refractivity contribution in [3.8, 4) is 16.9 Å². The molecule has 0 atom stereocenters. The van der Waals surface area contributed by atoms with E-state index in [0.717, 1.165) is 26.6 Å². The Labute approximate surface area is 226 Å². The van der Waals surface area contributed by atoms with Crippen LogP contribution in [0.25, 0.3) is 32.9 Å². The molecule has 0 aliphatic rings. The zero-order valence-electron chi connectivity index (χ0n) is 22.9. The van der Waals surface area contributed by atoms with E-state index < -0.39 is 11.2 Å². The molecule has 0 fully saturated rings. The van der Waals surface area contributed by atoms with Gasteiger partial charge in [0.2, 0.25) is 0 Å². The number of aryl methyl sites for hydroxylation is 1. The molecule has 5 rings (SSSR count). The molecule has 200 valence electrons. The number of hydrogen-bond donors (Lipinski definition) is 1. The summed E-state index contributed by atoms with van der Waals surface area (Å²) in [5.41, 5.74) is 8.87. The molecular formula is C31H33N5O3. The van der Waals surface area contributed by atoms with Crippen LogP contribution in [0.2, 0.25) is 0 Å². The zero-order chi connectivity index (χ0) is 27.8. The van der Waals surface area contributed by atoms with Crippen molar-refractivity contribution in [3.63, 3.8) is 0 Å². The van der Waals surface area contributed by atoms with Crippen LogP contribution in [-0.4, -0.2) is 27.8 Å². The lowest BCUT2D eigenvalue weighted by Gasteiger charge is -2.25. The minimum absolute atomic E-state index is 0.134. The quantitative estimate of drug-likeness (QED) is 0.332. The predicted molar refractivity (Wildman–Crippen MR) is 158 cm³/mol. The molecule has 8 heteroatoms. The van der Waals surface area contributed by atoms with Crippen molar-refractivity contribution in [1.82, 2.24) is 14.1 Å². The van der Waals surface area contributed by atoms with E-state index in [9.17, 15) is 9.59 Å². The summed E-state index contributed by atoms with van der Waals surface area (Å²) in [6.07, 6.45) is 0. The van der Waals surface area contributed by atoms with Gasteiger partial charge in [0, 0.05) is 44.5 Å². The Morgan fingerprint density at radius 1 is 0.949 bits per heavy atom. The van der Waals surface area contributed by atoms with Gasteiger partial charge in [-0.15, -0.1) is 0 Å². The summed E-state index contributed by atoms with van der Waals surface area (Å²) in [6.45, 7) is 4.88. The second-order valence-corrected chi connectivity index (χ2v) is 10.2. The molecule has 0 saturated heterocycles. The summed E-state index contributed by atoms with van der Waals surface area (Å²) in [7, 11) is 5.03. The third kappa shape index (κ3) is 4.68. The summed E-state index contributed by atoms with van der Waals surface area (Å²) < 4.78 is 8.53. The molecule has 0 amide bonds. The monoisotopic (exact) mass is 523 g/mol. The van der Waals surface area contributed by atoms with Crippen molar-refractivity contribution in [3.05, 3.63) is 93.1 Å². The van der Waals surface area contributed by atoms with Crippen molar-refractivity contribution in [2.24, 2.45) is 25.7 Å². The molecule has 0 unspecified atom stereocenters. The van der Waals surface area contributed by atoms with E-state index in [1.807, 2.05) is 54.4 Å². The maximum Gasteiger partial charge on any atom is 0.332 e. The summed E-state index contributed by atoms with van der Waals surface area (Å²) in [5, 5.41) is 2.56. The molecule has 39 heavy (non-hydrogen) atoms. The van der Waals surface area contributed by atoms with E-state index in [1.54, 1.807) is 7.05 Å². The summed E-state index contributed by atoms with van der Waals surface area (Å²) in [4.78, 5) is 33.4. The average Bonchev–Trinajstić information content (AvgIpc) is 2.96. The SMILES string of the molecule is CC(C)COc1cccc(-c2c(CN)c(N(C)c3ccc4ccccc4c3)nc3c2c(=O)n(C)c(=O)n3C)c1. The zero-order valence-corrected chi connectivity index (χ0v) is 22.9. The van der Waals surface area contributed by atoms with Gasteiger partial charge in [-0.3, -0.25) is 13.9 Å². The van der Waals surface area contributed by atoms with Crippen LogP contribution in [0, 0.1) is 5.92 Å². The summed E-state index contributed by atoms with van der Waals surface area (Å²) >= 11 is 0. The molecule has 8 nitrogen and oxygen atoms in total. The molecule has 0 aliphatic heterocycles. The number of fused-ring (bicyclic) bond motifs is 2. The van der Waals surface area contributed by atoms with Crippen LogP contribution in [0.4, 0.5) is 11.5 Å². The Hall–Kier alpha value is -4.43. The fraction of sp³-hybridized carbons (Fsp3) is 0.258. The molecule has 3 aromatic carbocycles. The Balaban J connectivity index is 1.82. The van der Waals surface area contributed by atoms with Gasteiger partial charge in [0.25, 0.3) is 5.56 Å². The molecule has 0 aliphatic carbocycles. The number of anilines is 2.